The Hall–Kier alpha value is -0.770. The van der Waals surface area contributed by atoms with Gasteiger partial charge in [0.1, 0.15) is 10.8 Å². The summed E-state index contributed by atoms with van der Waals surface area (Å²) in [6.07, 6.45) is 0. The molecular formula is C8H13N3S. The second kappa shape index (κ2) is 3.31. The van der Waals surface area contributed by atoms with Crippen molar-refractivity contribution in [1.29, 1.82) is 0 Å². The predicted molar refractivity (Wildman–Crippen MR) is 52.1 cm³/mol. The topological polar surface area (TPSA) is 51.8 Å². The Morgan fingerprint density at radius 1 is 1.25 bits per heavy atom. The number of nitrogens with two attached hydrogens (primary N) is 1. The smallest absolute Gasteiger partial charge is 0.146 e. The lowest BCUT2D eigenvalue weighted by molar-refractivity contribution is 0.794. The zero-order valence-electron chi connectivity index (χ0n) is 7.53. The molecule has 66 valence electrons. The third-order valence-electron chi connectivity index (χ3n) is 1.07. The Balaban J connectivity index is 2.71. The van der Waals surface area contributed by atoms with Crippen LogP contribution in [0.5, 0.6) is 0 Å². The third kappa shape index (κ3) is 3.09. The molecule has 0 aliphatic rings. The second-order valence-corrected chi connectivity index (χ2v) is 5.36. The molecule has 3 nitrogen and oxygen atoms in total. The first kappa shape index (κ1) is 9.32. The number of thioether (sulfide) groups is 1. The van der Waals surface area contributed by atoms with Gasteiger partial charge in [-0.3, -0.25) is 0 Å². The summed E-state index contributed by atoms with van der Waals surface area (Å²) in [5, 5.41) is 8.64. The molecule has 0 aliphatic carbocycles. The Morgan fingerprint density at radius 2 is 1.92 bits per heavy atom. The lowest BCUT2D eigenvalue weighted by Gasteiger charge is -2.15. The summed E-state index contributed by atoms with van der Waals surface area (Å²) < 4.78 is 0.171. The normalized spacial score (nSPS) is 11.6. The number of nitrogens with zero attached hydrogens (tertiary/aromatic N) is 2. The SMILES string of the molecule is CC(C)(C)Sc1ccc(N)nn1. The van der Waals surface area contributed by atoms with Crippen molar-refractivity contribution >= 4 is 17.6 Å². The monoisotopic (exact) mass is 183 g/mol. The summed E-state index contributed by atoms with van der Waals surface area (Å²) in [5.74, 6) is 0.466. The van der Waals surface area contributed by atoms with Gasteiger partial charge in [-0.2, -0.15) is 0 Å². The van der Waals surface area contributed by atoms with Crippen molar-refractivity contribution < 1.29 is 0 Å². The van der Waals surface area contributed by atoms with E-state index in [1.807, 2.05) is 6.07 Å². The highest BCUT2D eigenvalue weighted by Crippen LogP contribution is 2.29. The first-order valence-corrected chi connectivity index (χ1v) is 4.57. The van der Waals surface area contributed by atoms with E-state index in [1.165, 1.54) is 0 Å². The zero-order chi connectivity index (χ0) is 9.19. The molecule has 12 heavy (non-hydrogen) atoms. The maximum Gasteiger partial charge on any atom is 0.146 e. The molecule has 0 fully saturated rings. The molecule has 0 unspecified atom stereocenters. The van der Waals surface area contributed by atoms with Gasteiger partial charge in [-0.05, 0) is 12.1 Å². The van der Waals surface area contributed by atoms with Crippen LogP contribution in [0.1, 0.15) is 20.8 Å². The molecule has 0 radical (unpaired) electrons. The van der Waals surface area contributed by atoms with Gasteiger partial charge in [-0.1, -0.05) is 32.5 Å². The molecule has 4 heteroatoms. The van der Waals surface area contributed by atoms with E-state index in [2.05, 4.69) is 31.0 Å². The lowest BCUT2D eigenvalue weighted by Crippen LogP contribution is -2.07. The Labute approximate surface area is 76.8 Å². The Bertz CT molecular complexity index is 250. The molecule has 1 aromatic heterocycles. The van der Waals surface area contributed by atoms with Crippen LogP contribution in [0.2, 0.25) is 0 Å². The van der Waals surface area contributed by atoms with Crippen LogP contribution in [0, 0.1) is 0 Å². The fraction of sp³-hybridized carbons (Fsp3) is 0.500. The minimum absolute atomic E-state index is 0.171. The number of hydrogen-bond acceptors (Lipinski definition) is 4. The van der Waals surface area contributed by atoms with E-state index in [-0.39, 0.29) is 4.75 Å². The van der Waals surface area contributed by atoms with Crippen molar-refractivity contribution in [3.05, 3.63) is 12.1 Å². The number of nitrogen functional groups attached to an aromatic ring is 1. The van der Waals surface area contributed by atoms with Gasteiger partial charge in [0.2, 0.25) is 0 Å². The summed E-state index contributed by atoms with van der Waals surface area (Å²) in [4.78, 5) is 0. The number of aromatic nitrogens is 2. The number of rotatable bonds is 1. The standard InChI is InChI=1S/C8H13N3S/c1-8(2,3)12-7-5-4-6(9)10-11-7/h4-5H,1-3H3,(H2,9,10). The largest absolute Gasteiger partial charge is 0.382 e. The van der Waals surface area contributed by atoms with Crippen molar-refractivity contribution in [2.45, 2.75) is 30.5 Å². The quantitative estimate of drug-likeness (QED) is 0.676. The Kier molecular flexibility index (Phi) is 2.57. The van der Waals surface area contributed by atoms with E-state index in [9.17, 15) is 0 Å². The van der Waals surface area contributed by atoms with Crippen LogP contribution in [0.25, 0.3) is 0 Å². The van der Waals surface area contributed by atoms with Crippen LogP contribution in [0.3, 0.4) is 0 Å². The van der Waals surface area contributed by atoms with Crippen LogP contribution in [-0.4, -0.2) is 14.9 Å². The van der Waals surface area contributed by atoms with Gasteiger partial charge in [-0.15, -0.1) is 10.2 Å². The molecule has 0 amide bonds. The van der Waals surface area contributed by atoms with Gasteiger partial charge in [-0.25, -0.2) is 0 Å². The van der Waals surface area contributed by atoms with E-state index in [0.29, 0.717) is 5.82 Å². The summed E-state index contributed by atoms with van der Waals surface area (Å²) in [6.45, 7) is 6.40. The second-order valence-electron chi connectivity index (χ2n) is 3.51. The van der Waals surface area contributed by atoms with Gasteiger partial charge in [0, 0.05) is 4.75 Å². The molecule has 0 atom stereocenters. The lowest BCUT2D eigenvalue weighted by atomic mass is 10.3. The van der Waals surface area contributed by atoms with Crippen LogP contribution >= 0.6 is 11.8 Å². The van der Waals surface area contributed by atoms with Gasteiger partial charge >= 0.3 is 0 Å². The predicted octanol–water partition coefficient (Wildman–Crippen LogP) is 1.95. The van der Waals surface area contributed by atoms with E-state index in [0.717, 1.165) is 5.03 Å². The summed E-state index contributed by atoms with van der Waals surface area (Å²) in [7, 11) is 0. The molecule has 2 N–H and O–H groups in total. The molecule has 0 bridgehead atoms. The van der Waals surface area contributed by atoms with Crippen LogP contribution in [-0.2, 0) is 0 Å². The molecule has 1 rings (SSSR count). The minimum atomic E-state index is 0.171. The van der Waals surface area contributed by atoms with Gasteiger partial charge in [0.05, 0.1) is 0 Å². The van der Waals surface area contributed by atoms with Crippen LogP contribution in [0.4, 0.5) is 5.82 Å². The van der Waals surface area contributed by atoms with E-state index in [4.69, 9.17) is 5.73 Å². The van der Waals surface area contributed by atoms with Crippen LogP contribution in [0.15, 0.2) is 17.2 Å². The summed E-state index contributed by atoms with van der Waals surface area (Å²) in [6, 6.07) is 3.65. The maximum absolute atomic E-state index is 5.41. The molecule has 0 aliphatic heterocycles. The highest BCUT2D eigenvalue weighted by molar-refractivity contribution is 8.00. The van der Waals surface area contributed by atoms with Crippen molar-refractivity contribution in [1.82, 2.24) is 10.2 Å². The molecule has 0 aromatic carbocycles. The Morgan fingerprint density at radius 3 is 2.33 bits per heavy atom. The highest BCUT2D eigenvalue weighted by atomic mass is 32.2. The fourth-order valence-corrected chi connectivity index (χ4v) is 1.54. The van der Waals surface area contributed by atoms with E-state index < -0.39 is 0 Å². The van der Waals surface area contributed by atoms with Gasteiger partial charge < -0.3 is 5.73 Å². The average Bonchev–Trinajstić information content (AvgIpc) is 1.91. The minimum Gasteiger partial charge on any atom is -0.382 e. The fourth-order valence-electron chi connectivity index (χ4n) is 0.698. The van der Waals surface area contributed by atoms with Crippen molar-refractivity contribution in [2.75, 3.05) is 5.73 Å². The maximum atomic E-state index is 5.41. The molecular weight excluding hydrogens is 170 g/mol. The van der Waals surface area contributed by atoms with E-state index in [1.54, 1.807) is 17.8 Å². The molecule has 1 heterocycles. The molecule has 0 saturated carbocycles. The van der Waals surface area contributed by atoms with Crippen molar-refractivity contribution in [2.24, 2.45) is 0 Å². The van der Waals surface area contributed by atoms with Gasteiger partial charge in [0.25, 0.3) is 0 Å². The molecule has 0 spiro atoms. The number of anilines is 1. The van der Waals surface area contributed by atoms with Crippen molar-refractivity contribution in [3.63, 3.8) is 0 Å². The average molecular weight is 183 g/mol. The molecule has 0 saturated heterocycles. The van der Waals surface area contributed by atoms with Gasteiger partial charge in [0.15, 0.2) is 0 Å². The van der Waals surface area contributed by atoms with Crippen molar-refractivity contribution in [3.8, 4) is 0 Å². The first-order valence-electron chi connectivity index (χ1n) is 3.75. The highest BCUT2D eigenvalue weighted by Gasteiger charge is 2.12. The summed E-state index contributed by atoms with van der Waals surface area (Å²) in [5.41, 5.74) is 5.41. The van der Waals surface area contributed by atoms with E-state index >= 15 is 0 Å². The summed E-state index contributed by atoms with van der Waals surface area (Å²) >= 11 is 1.68. The third-order valence-corrected chi connectivity index (χ3v) is 2.11. The first-order chi connectivity index (χ1) is 5.47. The zero-order valence-corrected chi connectivity index (χ0v) is 8.35. The number of hydrogen-bond donors (Lipinski definition) is 1. The van der Waals surface area contributed by atoms with Crippen LogP contribution < -0.4 is 5.73 Å². The molecule has 1 aromatic rings.